The highest BCUT2D eigenvalue weighted by atomic mass is 32.2. The lowest BCUT2D eigenvalue weighted by molar-refractivity contribution is 0.228. The Morgan fingerprint density at radius 2 is 1.93 bits per heavy atom. The third kappa shape index (κ3) is 9.72. The molecule has 4 nitrogen and oxygen atoms in total. The van der Waals surface area contributed by atoms with Gasteiger partial charge in [-0.1, -0.05) is 0 Å². The molecule has 0 saturated heterocycles. The molecule has 0 aliphatic heterocycles. The summed E-state index contributed by atoms with van der Waals surface area (Å²) in [5.74, 6) is 0.622. The van der Waals surface area contributed by atoms with Gasteiger partial charge in [0.1, 0.15) is 0 Å². The fraction of sp³-hybridized carbons (Fsp3) is 0.900. The van der Waals surface area contributed by atoms with Crippen molar-refractivity contribution in [1.29, 1.82) is 0 Å². The second-order valence-electron chi connectivity index (χ2n) is 4.82. The molecular formula is C10H22N2O2S. The van der Waals surface area contributed by atoms with E-state index in [0.29, 0.717) is 5.75 Å². The normalized spacial score (nSPS) is 15.5. The van der Waals surface area contributed by atoms with Gasteiger partial charge in [-0.15, -0.1) is 0 Å². The van der Waals surface area contributed by atoms with E-state index in [2.05, 4.69) is 10.6 Å². The van der Waals surface area contributed by atoms with Gasteiger partial charge in [0.15, 0.2) is 0 Å². The van der Waals surface area contributed by atoms with Crippen molar-refractivity contribution in [3.05, 3.63) is 0 Å². The van der Waals surface area contributed by atoms with E-state index in [4.69, 9.17) is 0 Å². The summed E-state index contributed by atoms with van der Waals surface area (Å²) < 4.78 is 10.8. The van der Waals surface area contributed by atoms with E-state index in [1.54, 1.807) is 6.26 Å². The van der Waals surface area contributed by atoms with E-state index in [-0.39, 0.29) is 17.6 Å². The molecule has 2 N–H and O–H groups in total. The number of carbonyl (C=O) groups is 1. The molecular weight excluding hydrogens is 212 g/mol. The van der Waals surface area contributed by atoms with Crippen LogP contribution in [0.2, 0.25) is 0 Å². The Morgan fingerprint density at radius 1 is 1.40 bits per heavy atom. The van der Waals surface area contributed by atoms with Gasteiger partial charge in [0.2, 0.25) is 0 Å². The van der Waals surface area contributed by atoms with Crippen LogP contribution in [-0.2, 0) is 10.8 Å². The van der Waals surface area contributed by atoms with E-state index >= 15 is 0 Å². The minimum atomic E-state index is -0.792. The summed E-state index contributed by atoms with van der Waals surface area (Å²) in [6.07, 6.45) is 2.41. The second kappa shape index (κ2) is 6.10. The van der Waals surface area contributed by atoms with Crippen molar-refractivity contribution in [3.8, 4) is 0 Å². The van der Waals surface area contributed by atoms with Gasteiger partial charge in [-0.25, -0.2) is 4.79 Å². The smallest absolute Gasteiger partial charge is 0.315 e. The first-order valence-electron chi connectivity index (χ1n) is 5.09. The summed E-state index contributed by atoms with van der Waals surface area (Å²) in [5.41, 5.74) is -0.225. The molecule has 0 saturated carbocycles. The van der Waals surface area contributed by atoms with Crippen LogP contribution in [-0.4, -0.2) is 33.8 Å². The van der Waals surface area contributed by atoms with E-state index in [1.165, 1.54) is 0 Å². The number of hydrogen-bond acceptors (Lipinski definition) is 2. The van der Waals surface area contributed by atoms with E-state index in [9.17, 15) is 9.00 Å². The predicted octanol–water partition coefficient (Wildman–Crippen LogP) is 1.24. The fourth-order valence-electron chi connectivity index (χ4n) is 1.02. The van der Waals surface area contributed by atoms with Gasteiger partial charge in [-0.2, -0.15) is 0 Å². The molecule has 0 aromatic rings. The Kier molecular flexibility index (Phi) is 5.87. The lowest BCUT2D eigenvalue weighted by Crippen LogP contribution is -2.49. The highest BCUT2D eigenvalue weighted by Crippen LogP contribution is 1.98. The van der Waals surface area contributed by atoms with Crippen LogP contribution in [0.5, 0.6) is 0 Å². The molecule has 5 heteroatoms. The molecule has 0 aromatic carbocycles. The van der Waals surface area contributed by atoms with Gasteiger partial charge < -0.3 is 10.6 Å². The molecule has 0 bridgehead atoms. The molecule has 15 heavy (non-hydrogen) atoms. The molecule has 0 rings (SSSR count). The summed E-state index contributed by atoms with van der Waals surface area (Å²) >= 11 is 0. The monoisotopic (exact) mass is 234 g/mol. The highest BCUT2D eigenvalue weighted by Gasteiger charge is 2.14. The molecule has 0 aliphatic rings. The van der Waals surface area contributed by atoms with Crippen molar-refractivity contribution in [3.63, 3.8) is 0 Å². The zero-order valence-electron chi connectivity index (χ0n) is 10.2. The van der Waals surface area contributed by atoms with Gasteiger partial charge >= 0.3 is 6.03 Å². The standard InChI is InChI=1S/C10H22N2O2S/c1-8(6-7-15(5)14)11-9(13)12-10(2,3)4/h8H,6-7H2,1-5H3,(H2,11,12,13). The number of urea groups is 1. The van der Waals surface area contributed by atoms with Crippen LogP contribution in [0.25, 0.3) is 0 Å². The van der Waals surface area contributed by atoms with Gasteiger partial charge in [0.25, 0.3) is 0 Å². The summed E-state index contributed by atoms with van der Waals surface area (Å²) in [6.45, 7) is 7.70. The van der Waals surface area contributed by atoms with Gasteiger partial charge in [-0.3, -0.25) is 4.21 Å². The average molecular weight is 234 g/mol. The number of rotatable bonds is 4. The Balaban J connectivity index is 3.81. The highest BCUT2D eigenvalue weighted by molar-refractivity contribution is 7.84. The third-order valence-corrected chi connectivity index (χ3v) is 2.51. The topological polar surface area (TPSA) is 58.2 Å². The summed E-state index contributed by atoms with van der Waals surface area (Å²) in [4.78, 5) is 11.4. The fourth-order valence-corrected chi connectivity index (χ4v) is 1.70. The van der Waals surface area contributed by atoms with Crippen molar-refractivity contribution in [2.24, 2.45) is 0 Å². The Bertz CT molecular complexity index is 236. The first kappa shape index (κ1) is 14.4. The van der Waals surface area contributed by atoms with Crippen LogP contribution in [0, 0.1) is 0 Å². The van der Waals surface area contributed by atoms with Crippen LogP contribution in [0.15, 0.2) is 0 Å². The zero-order valence-corrected chi connectivity index (χ0v) is 11.0. The molecule has 2 amide bonds. The first-order valence-corrected chi connectivity index (χ1v) is 6.82. The molecule has 0 aromatic heterocycles. The maximum atomic E-state index is 11.4. The second-order valence-corrected chi connectivity index (χ2v) is 6.37. The largest absolute Gasteiger partial charge is 0.336 e. The summed E-state index contributed by atoms with van der Waals surface area (Å²) in [7, 11) is -0.792. The SMILES string of the molecule is CC(CCS(C)=O)NC(=O)NC(C)(C)C. The van der Waals surface area contributed by atoms with Crippen molar-refractivity contribution in [2.45, 2.75) is 45.7 Å². The molecule has 2 unspecified atom stereocenters. The van der Waals surface area contributed by atoms with Crippen molar-refractivity contribution < 1.29 is 9.00 Å². The Hall–Kier alpha value is -0.580. The molecule has 90 valence electrons. The number of nitrogens with one attached hydrogen (secondary N) is 2. The lowest BCUT2D eigenvalue weighted by Gasteiger charge is -2.22. The van der Waals surface area contributed by atoms with Gasteiger partial charge in [-0.05, 0) is 34.1 Å². The van der Waals surface area contributed by atoms with Crippen molar-refractivity contribution in [2.75, 3.05) is 12.0 Å². The molecule has 0 aliphatic carbocycles. The molecule has 0 spiro atoms. The van der Waals surface area contributed by atoms with Crippen LogP contribution in [0.4, 0.5) is 4.79 Å². The summed E-state index contributed by atoms with van der Waals surface area (Å²) in [5, 5.41) is 5.62. The molecule has 2 atom stereocenters. The lowest BCUT2D eigenvalue weighted by atomic mass is 10.1. The zero-order chi connectivity index (χ0) is 12.1. The van der Waals surface area contributed by atoms with Crippen LogP contribution in [0.3, 0.4) is 0 Å². The maximum absolute atomic E-state index is 11.4. The van der Waals surface area contributed by atoms with E-state index in [1.807, 2.05) is 27.7 Å². The molecule has 0 fully saturated rings. The van der Waals surface area contributed by atoms with Crippen LogP contribution in [0.1, 0.15) is 34.1 Å². The van der Waals surface area contributed by atoms with Crippen LogP contribution < -0.4 is 10.6 Å². The molecule has 0 heterocycles. The number of amides is 2. The number of hydrogen-bond donors (Lipinski definition) is 2. The molecule has 0 radical (unpaired) electrons. The maximum Gasteiger partial charge on any atom is 0.315 e. The van der Waals surface area contributed by atoms with Gasteiger partial charge in [0, 0.05) is 34.4 Å². The van der Waals surface area contributed by atoms with Crippen molar-refractivity contribution >= 4 is 16.8 Å². The van der Waals surface area contributed by atoms with E-state index in [0.717, 1.165) is 6.42 Å². The number of carbonyl (C=O) groups excluding carboxylic acids is 1. The van der Waals surface area contributed by atoms with Crippen molar-refractivity contribution in [1.82, 2.24) is 10.6 Å². The first-order chi connectivity index (χ1) is 6.70. The van der Waals surface area contributed by atoms with E-state index < -0.39 is 10.8 Å². The summed E-state index contributed by atoms with van der Waals surface area (Å²) in [6, 6.07) is -0.117. The minimum absolute atomic E-state index is 0.0521. The quantitative estimate of drug-likeness (QED) is 0.769. The minimum Gasteiger partial charge on any atom is -0.336 e. The predicted molar refractivity (Wildman–Crippen MR) is 64.4 cm³/mol. The van der Waals surface area contributed by atoms with Crippen LogP contribution >= 0.6 is 0 Å². The average Bonchev–Trinajstić information content (AvgIpc) is 1.96. The third-order valence-electron chi connectivity index (χ3n) is 1.70. The Morgan fingerprint density at radius 3 is 2.33 bits per heavy atom. The van der Waals surface area contributed by atoms with Gasteiger partial charge in [0.05, 0.1) is 0 Å². The Labute approximate surface area is 94.7 Å².